The smallest absolute Gasteiger partial charge is 0.0786 e. The molecule has 0 fully saturated rings. The van der Waals surface area contributed by atoms with Gasteiger partial charge in [-0.2, -0.15) is 0 Å². The molecule has 0 saturated carbocycles. The molecule has 0 aliphatic rings. The SMILES string of the molecule is CCCC[N+](CCCC)(CCCC)CCCC.NCCOCCO. The van der Waals surface area contributed by atoms with Crippen molar-refractivity contribution in [3.8, 4) is 0 Å². The monoisotopic (exact) mass is 347 g/mol. The largest absolute Gasteiger partial charge is 0.394 e. The molecule has 4 nitrogen and oxygen atoms in total. The average molecular weight is 348 g/mol. The highest BCUT2D eigenvalue weighted by Crippen LogP contribution is 2.16. The van der Waals surface area contributed by atoms with Crippen LogP contribution >= 0.6 is 0 Å². The van der Waals surface area contributed by atoms with Gasteiger partial charge < -0.3 is 20.1 Å². The van der Waals surface area contributed by atoms with Gasteiger partial charge in [-0.3, -0.25) is 0 Å². The quantitative estimate of drug-likeness (QED) is 0.328. The van der Waals surface area contributed by atoms with E-state index in [-0.39, 0.29) is 6.61 Å². The summed E-state index contributed by atoms with van der Waals surface area (Å²) >= 11 is 0. The van der Waals surface area contributed by atoms with Crippen molar-refractivity contribution in [3.63, 3.8) is 0 Å². The van der Waals surface area contributed by atoms with Crippen LogP contribution in [0.5, 0.6) is 0 Å². The van der Waals surface area contributed by atoms with Gasteiger partial charge in [0.05, 0.1) is 46.0 Å². The fraction of sp³-hybridized carbons (Fsp3) is 1.00. The number of rotatable bonds is 16. The third kappa shape index (κ3) is 16.7. The predicted molar refractivity (Wildman–Crippen MR) is 106 cm³/mol. The lowest BCUT2D eigenvalue weighted by atomic mass is 10.1. The molecule has 24 heavy (non-hydrogen) atoms. The summed E-state index contributed by atoms with van der Waals surface area (Å²) < 4.78 is 6.18. The van der Waals surface area contributed by atoms with Crippen molar-refractivity contribution < 1.29 is 14.3 Å². The second-order valence-electron chi connectivity index (χ2n) is 6.77. The van der Waals surface area contributed by atoms with E-state index >= 15 is 0 Å². The first-order valence-corrected chi connectivity index (χ1v) is 10.4. The number of ether oxygens (including phenoxy) is 1. The lowest BCUT2D eigenvalue weighted by Gasteiger charge is -2.39. The second-order valence-corrected chi connectivity index (χ2v) is 6.77. The Bertz CT molecular complexity index is 184. The van der Waals surface area contributed by atoms with Crippen LogP contribution in [-0.2, 0) is 4.74 Å². The molecule has 0 aromatic carbocycles. The summed E-state index contributed by atoms with van der Waals surface area (Å²) in [5.74, 6) is 0. The van der Waals surface area contributed by atoms with Crippen molar-refractivity contribution in [1.29, 1.82) is 0 Å². The Morgan fingerprint density at radius 1 is 0.708 bits per heavy atom. The molecule has 0 aromatic rings. The molecule has 0 aliphatic carbocycles. The highest BCUT2D eigenvalue weighted by Gasteiger charge is 2.24. The Labute approximate surface area is 152 Å². The number of unbranched alkanes of at least 4 members (excludes halogenated alkanes) is 4. The van der Waals surface area contributed by atoms with Crippen molar-refractivity contribution >= 4 is 0 Å². The number of hydrogen-bond acceptors (Lipinski definition) is 3. The topological polar surface area (TPSA) is 55.5 Å². The Kier molecular flexibility index (Phi) is 22.7. The zero-order chi connectivity index (χ0) is 18.5. The summed E-state index contributed by atoms with van der Waals surface area (Å²) in [5, 5.41) is 8.13. The van der Waals surface area contributed by atoms with E-state index < -0.39 is 0 Å². The number of nitrogens with zero attached hydrogens (tertiary/aromatic N) is 1. The molecule has 0 saturated heterocycles. The number of nitrogens with two attached hydrogens (primary N) is 1. The maximum atomic E-state index is 8.13. The van der Waals surface area contributed by atoms with Gasteiger partial charge in [0.1, 0.15) is 0 Å². The lowest BCUT2D eigenvalue weighted by molar-refractivity contribution is -0.929. The predicted octanol–water partition coefficient (Wildman–Crippen LogP) is 3.96. The van der Waals surface area contributed by atoms with Crippen LogP contribution in [0.2, 0.25) is 0 Å². The fourth-order valence-corrected chi connectivity index (χ4v) is 2.89. The molecule has 3 N–H and O–H groups in total. The molecule has 148 valence electrons. The molecule has 0 unspecified atom stereocenters. The van der Waals surface area contributed by atoms with Crippen molar-refractivity contribution in [2.45, 2.75) is 79.1 Å². The molecular formula is C20H47N2O2+. The standard InChI is InChI=1S/C16H36N.C4H11NO2/c1-5-9-13-17(14-10-6-2,15-11-7-3)16-12-8-4;5-1-3-7-4-2-6/h5-16H2,1-4H3;6H,1-5H2/q+1;. The third-order valence-electron chi connectivity index (χ3n) is 4.44. The third-order valence-corrected chi connectivity index (χ3v) is 4.44. The molecule has 0 amide bonds. The lowest BCUT2D eigenvalue weighted by Crippen LogP contribution is -2.50. The van der Waals surface area contributed by atoms with E-state index in [0.717, 1.165) is 0 Å². The van der Waals surface area contributed by atoms with Gasteiger partial charge in [-0.05, 0) is 25.7 Å². The summed E-state index contributed by atoms with van der Waals surface area (Å²) in [6.07, 6.45) is 11.1. The second kappa shape index (κ2) is 20.9. The summed E-state index contributed by atoms with van der Waals surface area (Å²) in [6, 6.07) is 0. The Morgan fingerprint density at radius 2 is 1.08 bits per heavy atom. The van der Waals surface area contributed by atoms with Crippen LogP contribution in [0, 0.1) is 0 Å². The molecule has 0 radical (unpaired) electrons. The molecule has 0 spiro atoms. The van der Waals surface area contributed by atoms with Gasteiger partial charge in [-0.15, -0.1) is 0 Å². The van der Waals surface area contributed by atoms with Gasteiger partial charge >= 0.3 is 0 Å². The van der Waals surface area contributed by atoms with Crippen molar-refractivity contribution in [2.75, 3.05) is 52.5 Å². The average Bonchev–Trinajstić information content (AvgIpc) is 2.61. The maximum absolute atomic E-state index is 8.13. The van der Waals surface area contributed by atoms with Crippen LogP contribution in [0.3, 0.4) is 0 Å². The van der Waals surface area contributed by atoms with Crippen LogP contribution in [0.15, 0.2) is 0 Å². The number of aliphatic hydroxyl groups is 1. The summed E-state index contributed by atoms with van der Waals surface area (Å²) in [4.78, 5) is 0. The fourth-order valence-electron chi connectivity index (χ4n) is 2.89. The number of aliphatic hydroxyl groups excluding tert-OH is 1. The maximum Gasteiger partial charge on any atom is 0.0786 e. The molecule has 0 bridgehead atoms. The zero-order valence-electron chi connectivity index (χ0n) is 17.2. The van der Waals surface area contributed by atoms with Crippen molar-refractivity contribution in [2.24, 2.45) is 5.73 Å². The van der Waals surface area contributed by atoms with Crippen LogP contribution < -0.4 is 5.73 Å². The van der Waals surface area contributed by atoms with Crippen molar-refractivity contribution in [1.82, 2.24) is 0 Å². The molecule has 4 heteroatoms. The Balaban J connectivity index is 0. The normalized spacial score (nSPS) is 11.2. The van der Waals surface area contributed by atoms with Crippen molar-refractivity contribution in [3.05, 3.63) is 0 Å². The highest BCUT2D eigenvalue weighted by atomic mass is 16.5. The van der Waals surface area contributed by atoms with Gasteiger partial charge in [0.15, 0.2) is 0 Å². The van der Waals surface area contributed by atoms with Gasteiger partial charge in [-0.1, -0.05) is 53.4 Å². The Hall–Kier alpha value is -0.160. The van der Waals surface area contributed by atoms with E-state index in [1.807, 2.05) is 0 Å². The van der Waals surface area contributed by atoms with Gasteiger partial charge in [0.25, 0.3) is 0 Å². The van der Waals surface area contributed by atoms with E-state index in [9.17, 15) is 0 Å². The molecule has 0 atom stereocenters. The summed E-state index contributed by atoms with van der Waals surface area (Å²) in [6.45, 7) is 16.6. The minimum absolute atomic E-state index is 0.0833. The minimum atomic E-state index is 0.0833. The first-order chi connectivity index (χ1) is 11.7. The van der Waals surface area contributed by atoms with E-state index in [2.05, 4.69) is 27.7 Å². The first kappa shape index (κ1) is 26.1. The van der Waals surface area contributed by atoms with Crippen LogP contribution in [0.4, 0.5) is 0 Å². The molecule has 0 aliphatic heterocycles. The van der Waals surface area contributed by atoms with Crippen LogP contribution in [0.25, 0.3) is 0 Å². The highest BCUT2D eigenvalue weighted by molar-refractivity contribution is 4.49. The number of hydrogen-bond donors (Lipinski definition) is 2. The number of quaternary nitrogens is 1. The first-order valence-electron chi connectivity index (χ1n) is 10.4. The van der Waals surface area contributed by atoms with Gasteiger partial charge in [-0.25, -0.2) is 0 Å². The molecular weight excluding hydrogens is 300 g/mol. The van der Waals surface area contributed by atoms with Crippen LogP contribution in [-0.4, -0.2) is 62.1 Å². The van der Waals surface area contributed by atoms with E-state index in [1.165, 1.54) is 82.0 Å². The van der Waals surface area contributed by atoms with E-state index in [0.29, 0.717) is 19.8 Å². The zero-order valence-corrected chi connectivity index (χ0v) is 17.2. The van der Waals surface area contributed by atoms with Crippen LogP contribution in [0.1, 0.15) is 79.1 Å². The minimum Gasteiger partial charge on any atom is -0.394 e. The molecule has 0 aromatic heterocycles. The van der Waals surface area contributed by atoms with E-state index in [4.69, 9.17) is 15.6 Å². The summed E-state index contributed by atoms with van der Waals surface area (Å²) in [5.41, 5.74) is 5.06. The summed E-state index contributed by atoms with van der Waals surface area (Å²) in [7, 11) is 0. The Morgan fingerprint density at radius 3 is 1.33 bits per heavy atom. The molecule has 0 rings (SSSR count). The molecule has 0 heterocycles. The van der Waals surface area contributed by atoms with Gasteiger partial charge in [0, 0.05) is 6.54 Å². The van der Waals surface area contributed by atoms with Gasteiger partial charge in [0.2, 0.25) is 0 Å². The van der Waals surface area contributed by atoms with E-state index in [1.54, 1.807) is 0 Å².